The van der Waals surface area contributed by atoms with E-state index in [2.05, 4.69) is 43.4 Å². The van der Waals surface area contributed by atoms with Crippen LogP contribution in [0.2, 0.25) is 0 Å². The summed E-state index contributed by atoms with van der Waals surface area (Å²) < 4.78 is 0. The monoisotopic (exact) mass is 219 g/mol. The van der Waals surface area contributed by atoms with Crippen molar-refractivity contribution in [3.63, 3.8) is 0 Å². The summed E-state index contributed by atoms with van der Waals surface area (Å²) in [6.45, 7) is 6.18. The highest BCUT2D eigenvalue weighted by atomic mass is 16.3. The van der Waals surface area contributed by atoms with E-state index in [-0.39, 0.29) is 0 Å². The van der Waals surface area contributed by atoms with Crippen LogP contribution in [0.25, 0.3) is 0 Å². The Morgan fingerprint density at radius 3 is 2.56 bits per heavy atom. The average Bonchev–Trinajstić information content (AvgIpc) is 2.30. The van der Waals surface area contributed by atoms with Crippen LogP contribution in [0.1, 0.15) is 43.7 Å². The molecular weight excluding hydrogens is 198 g/mol. The molecule has 0 aliphatic carbocycles. The Balaban J connectivity index is 2.28. The zero-order chi connectivity index (χ0) is 11.6. The molecule has 1 aliphatic rings. The van der Waals surface area contributed by atoms with Gasteiger partial charge in [-0.15, -0.1) is 0 Å². The first-order valence-corrected chi connectivity index (χ1v) is 6.15. The summed E-state index contributed by atoms with van der Waals surface area (Å²) in [5.41, 5.74) is 1.78. The molecular formula is C14H21NO. The molecule has 0 unspecified atom stereocenters. The Labute approximate surface area is 97.7 Å². The summed E-state index contributed by atoms with van der Waals surface area (Å²) in [6.07, 6.45) is 1.63. The van der Waals surface area contributed by atoms with Gasteiger partial charge >= 0.3 is 0 Å². The van der Waals surface area contributed by atoms with Crippen LogP contribution in [0.4, 0.5) is 0 Å². The Hall–Kier alpha value is -0.860. The zero-order valence-electron chi connectivity index (χ0n) is 10.2. The summed E-state index contributed by atoms with van der Waals surface area (Å²) in [4.78, 5) is 0. The number of hydrogen-bond acceptors (Lipinski definition) is 2. The summed E-state index contributed by atoms with van der Waals surface area (Å²) in [5.74, 6) is 0.519. The van der Waals surface area contributed by atoms with Gasteiger partial charge in [-0.25, -0.2) is 0 Å². The van der Waals surface area contributed by atoms with E-state index in [1.807, 2.05) is 0 Å². The van der Waals surface area contributed by atoms with Gasteiger partial charge in [-0.1, -0.05) is 38.1 Å². The molecule has 1 saturated heterocycles. The van der Waals surface area contributed by atoms with Gasteiger partial charge in [0.1, 0.15) is 0 Å². The molecule has 1 aromatic rings. The van der Waals surface area contributed by atoms with Crippen LogP contribution in [-0.2, 0) is 5.60 Å². The highest BCUT2D eigenvalue weighted by Crippen LogP contribution is 2.31. The Morgan fingerprint density at radius 1 is 1.25 bits per heavy atom. The molecule has 88 valence electrons. The predicted octanol–water partition coefficient (Wildman–Crippen LogP) is 2.38. The van der Waals surface area contributed by atoms with Crippen molar-refractivity contribution in [2.24, 2.45) is 0 Å². The Kier molecular flexibility index (Phi) is 3.31. The highest BCUT2D eigenvalue weighted by Gasteiger charge is 2.31. The molecule has 1 aliphatic heterocycles. The molecule has 0 saturated carbocycles. The van der Waals surface area contributed by atoms with Crippen LogP contribution in [0.15, 0.2) is 24.3 Å². The fraction of sp³-hybridized carbons (Fsp3) is 0.571. The van der Waals surface area contributed by atoms with Crippen molar-refractivity contribution < 1.29 is 5.11 Å². The third-order valence-corrected chi connectivity index (χ3v) is 3.52. The van der Waals surface area contributed by atoms with Crippen LogP contribution in [-0.4, -0.2) is 18.2 Å². The maximum absolute atomic E-state index is 10.6. The van der Waals surface area contributed by atoms with Crippen LogP contribution >= 0.6 is 0 Å². The number of aliphatic hydroxyl groups is 1. The maximum Gasteiger partial charge on any atom is 0.0920 e. The SMILES string of the molecule is CC(C)c1cccc(C2(O)CCNCC2)c1. The average molecular weight is 219 g/mol. The van der Waals surface area contributed by atoms with Gasteiger partial charge in [0.25, 0.3) is 0 Å². The van der Waals surface area contributed by atoms with Crippen molar-refractivity contribution in [1.29, 1.82) is 0 Å². The lowest BCUT2D eigenvalue weighted by atomic mass is 9.83. The van der Waals surface area contributed by atoms with Crippen molar-refractivity contribution in [3.05, 3.63) is 35.4 Å². The summed E-state index contributed by atoms with van der Waals surface area (Å²) in [6, 6.07) is 8.41. The molecule has 0 aromatic heterocycles. The van der Waals surface area contributed by atoms with Gasteiger partial charge in [0, 0.05) is 0 Å². The van der Waals surface area contributed by atoms with Crippen molar-refractivity contribution >= 4 is 0 Å². The molecule has 16 heavy (non-hydrogen) atoms. The molecule has 2 nitrogen and oxygen atoms in total. The van der Waals surface area contributed by atoms with E-state index in [0.717, 1.165) is 31.5 Å². The normalized spacial score (nSPS) is 20.0. The van der Waals surface area contributed by atoms with Crippen LogP contribution < -0.4 is 5.32 Å². The topological polar surface area (TPSA) is 32.3 Å². The van der Waals surface area contributed by atoms with Gasteiger partial charge in [-0.2, -0.15) is 0 Å². The number of rotatable bonds is 2. The summed E-state index contributed by atoms with van der Waals surface area (Å²) >= 11 is 0. The predicted molar refractivity (Wildman–Crippen MR) is 66.5 cm³/mol. The minimum atomic E-state index is -0.615. The first-order valence-electron chi connectivity index (χ1n) is 6.15. The van der Waals surface area contributed by atoms with E-state index in [9.17, 15) is 5.11 Å². The number of hydrogen-bond donors (Lipinski definition) is 2. The second-order valence-electron chi connectivity index (χ2n) is 5.06. The van der Waals surface area contributed by atoms with E-state index >= 15 is 0 Å². The van der Waals surface area contributed by atoms with Crippen molar-refractivity contribution in [3.8, 4) is 0 Å². The lowest BCUT2D eigenvalue weighted by Crippen LogP contribution is -2.39. The Morgan fingerprint density at radius 2 is 1.94 bits per heavy atom. The molecule has 0 bridgehead atoms. The van der Waals surface area contributed by atoms with Gasteiger partial charge in [0.05, 0.1) is 5.60 Å². The van der Waals surface area contributed by atoms with Crippen LogP contribution in [0.3, 0.4) is 0 Å². The molecule has 1 fully saturated rings. The minimum Gasteiger partial charge on any atom is -0.385 e. The van der Waals surface area contributed by atoms with Gasteiger partial charge in [0.15, 0.2) is 0 Å². The second-order valence-corrected chi connectivity index (χ2v) is 5.06. The largest absolute Gasteiger partial charge is 0.385 e. The van der Waals surface area contributed by atoms with Crippen molar-refractivity contribution in [1.82, 2.24) is 5.32 Å². The first-order chi connectivity index (χ1) is 7.62. The number of nitrogens with one attached hydrogen (secondary N) is 1. The van der Waals surface area contributed by atoms with E-state index in [1.54, 1.807) is 0 Å². The highest BCUT2D eigenvalue weighted by molar-refractivity contribution is 5.30. The van der Waals surface area contributed by atoms with E-state index in [0.29, 0.717) is 5.92 Å². The molecule has 1 aromatic carbocycles. The van der Waals surface area contributed by atoms with E-state index in [1.165, 1.54) is 5.56 Å². The first kappa shape index (κ1) is 11.6. The smallest absolute Gasteiger partial charge is 0.0920 e. The van der Waals surface area contributed by atoms with Crippen LogP contribution in [0, 0.1) is 0 Å². The molecule has 0 radical (unpaired) electrons. The quantitative estimate of drug-likeness (QED) is 0.800. The summed E-state index contributed by atoms with van der Waals surface area (Å²) in [5, 5.41) is 13.9. The van der Waals surface area contributed by atoms with Gasteiger partial charge in [0.2, 0.25) is 0 Å². The molecule has 0 atom stereocenters. The fourth-order valence-corrected chi connectivity index (χ4v) is 2.32. The minimum absolute atomic E-state index is 0.519. The van der Waals surface area contributed by atoms with Crippen molar-refractivity contribution in [2.75, 3.05) is 13.1 Å². The van der Waals surface area contributed by atoms with Crippen LogP contribution in [0.5, 0.6) is 0 Å². The third-order valence-electron chi connectivity index (χ3n) is 3.52. The zero-order valence-corrected chi connectivity index (χ0v) is 10.2. The van der Waals surface area contributed by atoms with Gasteiger partial charge < -0.3 is 10.4 Å². The van der Waals surface area contributed by atoms with Gasteiger partial charge in [-0.05, 0) is 43.0 Å². The summed E-state index contributed by atoms with van der Waals surface area (Å²) in [7, 11) is 0. The fourth-order valence-electron chi connectivity index (χ4n) is 2.32. The lowest BCUT2D eigenvalue weighted by Gasteiger charge is -2.33. The maximum atomic E-state index is 10.6. The molecule has 0 amide bonds. The third kappa shape index (κ3) is 2.28. The number of benzene rings is 1. The Bertz CT molecular complexity index is 354. The van der Waals surface area contributed by atoms with E-state index in [4.69, 9.17) is 0 Å². The molecule has 2 N–H and O–H groups in total. The van der Waals surface area contributed by atoms with Gasteiger partial charge in [-0.3, -0.25) is 0 Å². The molecule has 2 rings (SSSR count). The second kappa shape index (κ2) is 4.56. The lowest BCUT2D eigenvalue weighted by molar-refractivity contribution is 0.00586. The molecule has 1 heterocycles. The molecule has 2 heteroatoms. The standard InChI is InChI=1S/C14H21NO/c1-11(2)12-4-3-5-13(10-12)14(16)6-8-15-9-7-14/h3-5,10-11,15-16H,6-9H2,1-2H3. The van der Waals surface area contributed by atoms with E-state index < -0.39 is 5.60 Å². The molecule has 0 spiro atoms. The van der Waals surface area contributed by atoms with Crippen molar-refractivity contribution in [2.45, 2.75) is 38.2 Å². The number of piperidine rings is 1.